The van der Waals surface area contributed by atoms with Gasteiger partial charge in [-0.3, -0.25) is 0 Å². The van der Waals surface area contributed by atoms with E-state index in [-0.39, 0.29) is 1.43 Å². The van der Waals surface area contributed by atoms with E-state index in [2.05, 4.69) is 6.07 Å². The van der Waals surface area contributed by atoms with Gasteiger partial charge < -0.3 is 0 Å². The van der Waals surface area contributed by atoms with Crippen molar-refractivity contribution in [2.24, 2.45) is 0 Å². The van der Waals surface area contributed by atoms with Crippen LogP contribution >= 0.6 is 23.2 Å². The summed E-state index contributed by atoms with van der Waals surface area (Å²) in [5, 5.41) is 1.24. The fourth-order valence-corrected chi connectivity index (χ4v) is 1.67. The van der Waals surface area contributed by atoms with Gasteiger partial charge in [0.25, 0.3) is 0 Å². The Kier molecular flexibility index (Phi) is 2.76. The molecule has 0 N–H and O–H groups in total. The maximum Gasteiger partial charge on any atom is 1.00 e. The van der Waals surface area contributed by atoms with Gasteiger partial charge in [0.2, 0.25) is 0 Å². The van der Waals surface area contributed by atoms with Crippen LogP contribution in [0.25, 0.3) is 11.1 Å². The molecule has 1 radical (unpaired) electrons. The van der Waals surface area contributed by atoms with Gasteiger partial charge in [-0.2, -0.15) is 0 Å². The first-order chi connectivity index (χ1) is 6.77. The maximum atomic E-state index is 6.04. The molecule has 0 atom stereocenters. The Morgan fingerprint density at radius 3 is 2.50 bits per heavy atom. The van der Waals surface area contributed by atoms with Gasteiger partial charge in [-0.25, -0.2) is 0 Å². The molecule has 0 heterocycles. The van der Waals surface area contributed by atoms with Gasteiger partial charge in [0, 0.05) is 21.7 Å². The second kappa shape index (κ2) is 4.04. The fraction of sp³-hybridized carbons (Fsp3) is 0. The Labute approximate surface area is 94.6 Å². The summed E-state index contributed by atoms with van der Waals surface area (Å²) in [6.07, 6.45) is 0. The lowest BCUT2D eigenvalue weighted by molar-refractivity contribution is 1.61. The topological polar surface area (TPSA) is 0 Å². The van der Waals surface area contributed by atoms with E-state index in [9.17, 15) is 0 Å². The van der Waals surface area contributed by atoms with E-state index in [0.717, 1.165) is 11.1 Å². The third-order valence-corrected chi connectivity index (χ3v) is 2.48. The predicted molar refractivity (Wildman–Crippen MR) is 61.8 cm³/mol. The minimum Gasteiger partial charge on any atom is -0.0836 e. The predicted octanol–water partition coefficient (Wildman–Crippen LogP) is 4.57. The van der Waals surface area contributed by atoms with Gasteiger partial charge >= 0.3 is 1.43 Å². The fourth-order valence-electron chi connectivity index (χ4n) is 1.29. The van der Waals surface area contributed by atoms with Crippen molar-refractivity contribution in [1.29, 1.82) is 0 Å². The number of hydrogen-bond acceptors (Lipinski definition) is 0. The smallest absolute Gasteiger partial charge is 0.0836 e. The molecule has 0 aromatic heterocycles. The highest BCUT2D eigenvalue weighted by Gasteiger charge is 2.03. The molecule has 14 heavy (non-hydrogen) atoms. The van der Waals surface area contributed by atoms with Gasteiger partial charge in [-0.1, -0.05) is 53.5 Å². The van der Waals surface area contributed by atoms with Crippen LogP contribution in [-0.2, 0) is 0 Å². The second-order valence-corrected chi connectivity index (χ2v) is 3.72. The minimum absolute atomic E-state index is 0. The lowest BCUT2D eigenvalue weighted by Crippen LogP contribution is -1.79. The molecule has 0 fully saturated rings. The summed E-state index contributed by atoms with van der Waals surface area (Å²) in [6, 6.07) is 16.2. The zero-order valence-corrected chi connectivity index (χ0v) is 8.81. The lowest BCUT2D eigenvalue weighted by atomic mass is 10.1. The summed E-state index contributed by atoms with van der Waals surface area (Å²) in [6.45, 7) is 0. The van der Waals surface area contributed by atoms with Gasteiger partial charge in [-0.15, -0.1) is 0 Å². The molecular formula is C12H8Cl2+. The molecule has 0 aliphatic carbocycles. The molecule has 2 aromatic carbocycles. The molecule has 0 bridgehead atoms. The van der Waals surface area contributed by atoms with Crippen LogP contribution in [0.4, 0.5) is 0 Å². The van der Waals surface area contributed by atoms with Crippen LogP contribution in [0.5, 0.6) is 0 Å². The summed E-state index contributed by atoms with van der Waals surface area (Å²) in [5.74, 6) is 0. The minimum atomic E-state index is 0. The summed E-state index contributed by atoms with van der Waals surface area (Å²) in [7, 11) is 0. The van der Waals surface area contributed by atoms with Crippen molar-refractivity contribution in [2.75, 3.05) is 0 Å². The van der Waals surface area contributed by atoms with Gasteiger partial charge in [0.15, 0.2) is 0 Å². The first-order valence-corrected chi connectivity index (χ1v) is 4.95. The van der Waals surface area contributed by atoms with E-state index in [0.29, 0.717) is 10.0 Å². The van der Waals surface area contributed by atoms with Crippen LogP contribution in [0.3, 0.4) is 0 Å². The molecular weight excluding hydrogens is 215 g/mol. The van der Waals surface area contributed by atoms with E-state index < -0.39 is 0 Å². The zero-order chi connectivity index (χ0) is 9.97. The first kappa shape index (κ1) is 9.57. The van der Waals surface area contributed by atoms with Crippen molar-refractivity contribution in [2.45, 2.75) is 0 Å². The summed E-state index contributed by atoms with van der Waals surface area (Å²) in [4.78, 5) is 0. The van der Waals surface area contributed by atoms with Crippen molar-refractivity contribution in [3.05, 3.63) is 58.6 Å². The Morgan fingerprint density at radius 2 is 1.79 bits per heavy atom. The van der Waals surface area contributed by atoms with Crippen molar-refractivity contribution < 1.29 is 1.43 Å². The van der Waals surface area contributed by atoms with Crippen LogP contribution < -0.4 is 0 Å². The average Bonchev–Trinajstić information content (AvgIpc) is 2.23. The van der Waals surface area contributed by atoms with Gasteiger partial charge in [0.1, 0.15) is 0 Å². The van der Waals surface area contributed by atoms with Crippen LogP contribution in [0.1, 0.15) is 1.43 Å². The maximum absolute atomic E-state index is 6.04. The standard InChI is InChI=1S/C12H7Cl2/c13-10-6-7-12(14)11(8-10)9-4-2-1-3-5-9/h1-5,7-8H/p+1. The third kappa shape index (κ3) is 1.92. The average molecular weight is 223 g/mol. The number of halogens is 2. The van der Waals surface area contributed by atoms with E-state index in [4.69, 9.17) is 23.2 Å². The van der Waals surface area contributed by atoms with Crippen molar-refractivity contribution >= 4 is 23.2 Å². The van der Waals surface area contributed by atoms with Crippen molar-refractivity contribution in [1.82, 2.24) is 0 Å². The number of rotatable bonds is 1. The Balaban J connectivity index is 0.00000112. The number of benzene rings is 2. The molecule has 69 valence electrons. The lowest BCUT2D eigenvalue weighted by Gasteiger charge is -2.03. The van der Waals surface area contributed by atoms with Crippen molar-refractivity contribution in [3.8, 4) is 11.1 Å². The SMILES string of the molecule is Clc1[c]cc(Cl)c(-c2ccccc2)c1.[H+]. The molecule has 0 saturated carbocycles. The summed E-state index contributed by atoms with van der Waals surface area (Å²) in [5.41, 5.74) is 2.00. The largest absolute Gasteiger partial charge is 1.00 e. The third-order valence-electron chi connectivity index (χ3n) is 1.95. The molecule has 2 heteroatoms. The van der Waals surface area contributed by atoms with Crippen LogP contribution in [0.15, 0.2) is 42.5 Å². The molecule has 0 amide bonds. The summed E-state index contributed by atoms with van der Waals surface area (Å²) >= 11 is 11.9. The Hall–Kier alpha value is -0.980. The molecule has 2 aromatic rings. The van der Waals surface area contributed by atoms with Crippen LogP contribution in [0, 0.1) is 6.07 Å². The van der Waals surface area contributed by atoms with Crippen LogP contribution in [-0.4, -0.2) is 0 Å². The van der Waals surface area contributed by atoms with Crippen LogP contribution in [0.2, 0.25) is 10.0 Å². The molecule has 0 unspecified atom stereocenters. The second-order valence-electron chi connectivity index (χ2n) is 2.91. The molecule has 0 saturated heterocycles. The number of hydrogen-bond donors (Lipinski definition) is 0. The normalized spacial score (nSPS) is 10.1. The van der Waals surface area contributed by atoms with Gasteiger partial charge in [0.05, 0.1) is 0 Å². The van der Waals surface area contributed by atoms with Crippen molar-refractivity contribution in [3.63, 3.8) is 0 Å². The summed E-state index contributed by atoms with van der Waals surface area (Å²) < 4.78 is 0. The van der Waals surface area contributed by atoms with E-state index in [1.807, 2.05) is 36.4 Å². The highest BCUT2D eigenvalue weighted by atomic mass is 35.5. The molecule has 0 nitrogen and oxygen atoms in total. The van der Waals surface area contributed by atoms with Gasteiger partial charge in [-0.05, 0) is 17.7 Å². The monoisotopic (exact) mass is 222 g/mol. The van der Waals surface area contributed by atoms with E-state index in [1.54, 1.807) is 6.07 Å². The molecule has 0 spiro atoms. The highest BCUT2D eigenvalue weighted by molar-refractivity contribution is 6.35. The van der Waals surface area contributed by atoms with E-state index >= 15 is 0 Å². The molecule has 0 aliphatic rings. The zero-order valence-electron chi connectivity index (χ0n) is 8.30. The Morgan fingerprint density at radius 1 is 1.07 bits per heavy atom. The molecule has 0 aliphatic heterocycles. The highest BCUT2D eigenvalue weighted by Crippen LogP contribution is 2.29. The van der Waals surface area contributed by atoms with E-state index in [1.165, 1.54) is 0 Å². The quantitative estimate of drug-likeness (QED) is 0.664. The first-order valence-electron chi connectivity index (χ1n) is 4.19. The molecule has 2 rings (SSSR count). The Bertz CT molecular complexity index is 441.